The zero-order valence-electron chi connectivity index (χ0n) is 17.8. The van der Waals surface area contributed by atoms with Crippen LogP contribution < -0.4 is 0 Å². The van der Waals surface area contributed by atoms with Crippen LogP contribution in [0.3, 0.4) is 0 Å². The van der Waals surface area contributed by atoms with Crippen molar-refractivity contribution < 1.29 is 27.8 Å². The third-order valence-electron chi connectivity index (χ3n) is 4.53. The van der Waals surface area contributed by atoms with Crippen molar-refractivity contribution >= 4 is 29.1 Å². The largest absolute Gasteiger partial charge is 0.494 e. The normalized spacial score (nSPS) is 17.6. The molecule has 1 N–H and O–H groups in total. The number of alkyl halides is 3. The van der Waals surface area contributed by atoms with E-state index in [2.05, 4.69) is 28.3 Å². The van der Waals surface area contributed by atoms with E-state index in [4.69, 9.17) is 4.74 Å². The lowest BCUT2D eigenvalue weighted by atomic mass is 10.00. The number of carboxylic acids is 1. The van der Waals surface area contributed by atoms with Gasteiger partial charge in [0, 0.05) is 23.8 Å². The van der Waals surface area contributed by atoms with E-state index in [0.717, 1.165) is 17.8 Å². The maximum absolute atomic E-state index is 12.8. The van der Waals surface area contributed by atoms with Crippen LogP contribution >= 0.6 is 23.1 Å². The van der Waals surface area contributed by atoms with Crippen molar-refractivity contribution in [2.45, 2.75) is 42.0 Å². The number of aliphatic carboxylic acids is 1. The summed E-state index contributed by atoms with van der Waals surface area (Å²) in [6.45, 7) is 3.69. The van der Waals surface area contributed by atoms with Crippen LogP contribution in [-0.4, -0.2) is 33.6 Å². The Morgan fingerprint density at radius 3 is 2.88 bits per heavy atom. The highest BCUT2D eigenvalue weighted by Gasteiger charge is 2.32. The molecule has 1 aromatic rings. The molecule has 1 unspecified atom stereocenters. The number of thioether (sulfide) groups is 1. The van der Waals surface area contributed by atoms with Crippen LogP contribution in [0.5, 0.6) is 0 Å². The summed E-state index contributed by atoms with van der Waals surface area (Å²) in [5.41, 5.74) is 5.14. The fourth-order valence-electron chi connectivity index (χ4n) is 2.63. The summed E-state index contributed by atoms with van der Waals surface area (Å²) in [6.07, 6.45) is 4.08. The monoisotopic (exact) mass is 491 g/mol. The number of carbonyl (C=O) groups is 1. The number of thiazole rings is 1. The van der Waals surface area contributed by atoms with E-state index in [0.29, 0.717) is 29.5 Å². The van der Waals surface area contributed by atoms with Crippen molar-refractivity contribution in [1.29, 1.82) is 0 Å². The third-order valence-corrected chi connectivity index (χ3v) is 6.71. The molecule has 0 saturated heterocycles. The van der Waals surface area contributed by atoms with Crippen molar-refractivity contribution in [1.82, 2.24) is 4.98 Å². The Bertz CT molecular complexity index is 1180. The average molecular weight is 492 g/mol. The minimum Gasteiger partial charge on any atom is -0.494 e. The lowest BCUT2D eigenvalue weighted by Crippen LogP contribution is -2.26. The van der Waals surface area contributed by atoms with Crippen LogP contribution in [0.2, 0.25) is 0 Å². The number of allylic oxidation sites excluding steroid dienone is 7. The lowest BCUT2D eigenvalue weighted by Gasteiger charge is -2.15. The van der Waals surface area contributed by atoms with Crippen LogP contribution in [0.15, 0.2) is 68.5 Å². The van der Waals surface area contributed by atoms with Gasteiger partial charge in [0.25, 0.3) is 0 Å². The first-order valence-electron chi connectivity index (χ1n) is 9.93. The van der Waals surface area contributed by atoms with Crippen LogP contribution in [0, 0.1) is 17.8 Å². The smallest absolute Gasteiger partial charge is 0.417 e. The lowest BCUT2D eigenvalue weighted by molar-refractivity contribution is -0.138. The van der Waals surface area contributed by atoms with E-state index < -0.39 is 22.5 Å². The van der Waals surface area contributed by atoms with E-state index in [9.17, 15) is 23.1 Å². The van der Waals surface area contributed by atoms with Gasteiger partial charge in [-0.25, -0.2) is 4.98 Å². The Morgan fingerprint density at radius 1 is 1.42 bits per heavy atom. The number of hydrogen-bond donors (Lipinski definition) is 1. The van der Waals surface area contributed by atoms with Gasteiger partial charge in [0.2, 0.25) is 0 Å². The summed E-state index contributed by atoms with van der Waals surface area (Å²) >= 11 is 2.62. The Morgan fingerprint density at radius 2 is 2.21 bits per heavy atom. The minimum atomic E-state index is -4.43. The van der Waals surface area contributed by atoms with Crippen LogP contribution in [0.4, 0.5) is 13.2 Å². The van der Waals surface area contributed by atoms with E-state index >= 15 is 0 Å². The Labute approximate surface area is 197 Å². The van der Waals surface area contributed by atoms with Crippen molar-refractivity contribution in [3.8, 4) is 11.8 Å². The van der Waals surface area contributed by atoms with E-state index in [-0.39, 0.29) is 11.5 Å². The maximum Gasteiger partial charge on any atom is 0.417 e. The molecule has 0 aromatic carbocycles. The van der Waals surface area contributed by atoms with Gasteiger partial charge in [-0.15, -0.1) is 11.3 Å². The Balaban J connectivity index is 1.46. The molecular formula is C24H20F3NO3S2. The van der Waals surface area contributed by atoms with Gasteiger partial charge in [-0.05, 0) is 38.5 Å². The molecule has 3 rings (SSSR count). The highest BCUT2D eigenvalue weighted by molar-refractivity contribution is 8.02. The molecule has 33 heavy (non-hydrogen) atoms. The molecule has 0 spiro atoms. The molecule has 0 amide bonds. The summed E-state index contributed by atoms with van der Waals surface area (Å²) in [5.74, 6) is 5.35. The molecule has 4 nitrogen and oxygen atoms in total. The standard InChI is InChI=1S/C24H20F3NO3S2/c1-23(2,21(29)30)33-22-28-19(15-32-22)12-13-31-20-10-8-16(9-11-20)6-7-17-4-3-5-18(14-17)24(25,26)27/h5,8,10-11,14-16H,9,12-13H2,1-2H3,(H,29,30). The second-order valence-corrected chi connectivity index (χ2v) is 10.4. The molecule has 1 heterocycles. The topological polar surface area (TPSA) is 59.4 Å². The summed E-state index contributed by atoms with van der Waals surface area (Å²) in [6, 6.07) is 0. The summed E-state index contributed by atoms with van der Waals surface area (Å²) in [7, 11) is 0. The molecule has 0 bridgehead atoms. The summed E-state index contributed by atoms with van der Waals surface area (Å²) < 4.78 is 43.8. The number of hydrogen-bond acceptors (Lipinski definition) is 5. The predicted molar refractivity (Wildman–Crippen MR) is 122 cm³/mol. The van der Waals surface area contributed by atoms with Gasteiger partial charge in [-0.1, -0.05) is 41.1 Å². The maximum atomic E-state index is 12.8. The van der Waals surface area contributed by atoms with Crippen LogP contribution in [0.25, 0.3) is 0 Å². The number of halogens is 3. The quantitative estimate of drug-likeness (QED) is 0.294. The molecule has 0 fully saturated rings. The second-order valence-electron chi connectivity index (χ2n) is 7.62. The van der Waals surface area contributed by atoms with Gasteiger partial charge in [-0.3, -0.25) is 4.79 Å². The highest BCUT2D eigenvalue weighted by Crippen LogP contribution is 2.34. The van der Waals surface area contributed by atoms with Gasteiger partial charge >= 0.3 is 12.1 Å². The zero-order chi connectivity index (χ0) is 24.1. The minimum absolute atomic E-state index is 0.129. The number of aromatic nitrogens is 1. The average Bonchev–Trinajstić information content (AvgIpc) is 3.19. The molecule has 2 aliphatic rings. The first kappa shape index (κ1) is 24.8. The van der Waals surface area contributed by atoms with Gasteiger partial charge in [0.15, 0.2) is 4.34 Å². The van der Waals surface area contributed by atoms with Gasteiger partial charge in [0.05, 0.1) is 23.4 Å². The van der Waals surface area contributed by atoms with Crippen molar-refractivity contribution in [3.05, 3.63) is 69.8 Å². The zero-order valence-corrected chi connectivity index (χ0v) is 19.5. The second kappa shape index (κ2) is 10.4. The Hall–Kier alpha value is -2.88. The molecular weight excluding hydrogens is 471 g/mol. The summed E-state index contributed by atoms with van der Waals surface area (Å²) in [4.78, 5) is 15.7. The fraction of sp³-hybridized carbons (Fsp3) is 0.333. The van der Waals surface area contributed by atoms with Crippen molar-refractivity contribution in [2.24, 2.45) is 5.92 Å². The third kappa shape index (κ3) is 7.31. The molecule has 0 saturated carbocycles. The van der Waals surface area contributed by atoms with E-state index in [1.807, 2.05) is 17.5 Å². The van der Waals surface area contributed by atoms with Gasteiger partial charge in [-0.2, -0.15) is 13.2 Å². The van der Waals surface area contributed by atoms with E-state index in [1.165, 1.54) is 23.1 Å². The molecule has 9 heteroatoms. The van der Waals surface area contributed by atoms with Crippen LogP contribution in [0.1, 0.15) is 26.0 Å². The van der Waals surface area contributed by atoms with Gasteiger partial charge < -0.3 is 9.84 Å². The molecule has 1 atom stereocenters. The number of rotatable bonds is 7. The molecule has 0 radical (unpaired) electrons. The fourth-order valence-corrected chi connectivity index (χ4v) is 4.85. The number of nitrogens with zero attached hydrogens (tertiary/aromatic N) is 1. The molecule has 0 aliphatic heterocycles. The molecule has 172 valence electrons. The Kier molecular flexibility index (Phi) is 7.78. The molecule has 1 aromatic heterocycles. The van der Waals surface area contributed by atoms with Gasteiger partial charge in [0.1, 0.15) is 10.5 Å². The summed E-state index contributed by atoms with van der Waals surface area (Å²) in [5, 5.41) is 11.1. The first-order chi connectivity index (χ1) is 15.5. The van der Waals surface area contributed by atoms with Crippen LogP contribution in [-0.2, 0) is 16.0 Å². The van der Waals surface area contributed by atoms with Crippen molar-refractivity contribution in [2.75, 3.05) is 6.61 Å². The van der Waals surface area contributed by atoms with E-state index in [1.54, 1.807) is 19.9 Å². The SMILES string of the molecule is CC(C)(Sc1nc(CCOC2=CCC(C#CC3=C=C=CC(C(F)(F)F)=C3)C=C2)cs1)C(=O)O. The highest BCUT2D eigenvalue weighted by atomic mass is 32.2. The van der Waals surface area contributed by atoms with Crippen molar-refractivity contribution in [3.63, 3.8) is 0 Å². The molecule has 2 aliphatic carbocycles. The number of carboxylic acid groups (broad SMARTS) is 1. The number of ether oxygens (including phenoxy) is 1. The predicted octanol–water partition coefficient (Wildman–Crippen LogP) is 5.86. The first-order valence-corrected chi connectivity index (χ1v) is 11.6.